The van der Waals surface area contributed by atoms with Crippen molar-refractivity contribution in [1.82, 2.24) is 19.7 Å². The first-order chi connectivity index (χ1) is 10.9. The van der Waals surface area contributed by atoms with Crippen molar-refractivity contribution in [2.45, 2.75) is 18.8 Å². The third-order valence-electron chi connectivity index (χ3n) is 4.03. The van der Waals surface area contributed by atoms with Gasteiger partial charge in [-0.2, -0.15) is 4.37 Å². The van der Waals surface area contributed by atoms with Crippen molar-refractivity contribution in [2.75, 3.05) is 18.4 Å². The van der Waals surface area contributed by atoms with Gasteiger partial charge in [-0.15, -0.1) is 0 Å². The van der Waals surface area contributed by atoms with Gasteiger partial charge in [0.2, 0.25) is 0 Å². The van der Waals surface area contributed by atoms with Crippen LogP contribution in [0, 0.1) is 0 Å². The largest absolute Gasteiger partial charge is 0.324 e. The zero-order valence-corrected chi connectivity index (χ0v) is 12.9. The van der Waals surface area contributed by atoms with Crippen molar-refractivity contribution in [3.05, 3.63) is 42.2 Å². The molecular formula is C16H17N5S. The summed E-state index contributed by atoms with van der Waals surface area (Å²) < 4.78 is 4.49. The predicted molar refractivity (Wildman–Crippen MR) is 89.8 cm³/mol. The Labute approximate surface area is 133 Å². The molecular weight excluding hydrogens is 294 g/mol. The monoisotopic (exact) mass is 311 g/mol. The fourth-order valence-electron chi connectivity index (χ4n) is 2.84. The molecule has 0 bridgehead atoms. The maximum atomic E-state index is 4.83. The van der Waals surface area contributed by atoms with Crippen LogP contribution in [0.3, 0.4) is 0 Å². The molecule has 0 atom stereocenters. The molecule has 1 aliphatic rings. The average molecular weight is 311 g/mol. The van der Waals surface area contributed by atoms with Gasteiger partial charge in [-0.3, -0.25) is 0 Å². The maximum absolute atomic E-state index is 4.83. The lowest BCUT2D eigenvalue weighted by Crippen LogP contribution is -2.26. The Kier molecular flexibility index (Phi) is 3.70. The molecule has 5 nitrogen and oxygen atoms in total. The zero-order chi connectivity index (χ0) is 14.8. The van der Waals surface area contributed by atoms with Crippen molar-refractivity contribution >= 4 is 33.4 Å². The van der Waals surface area contributed by atoms with E-state index >= 15 is 0 Å². The van der Waals surface area contributed by atoms with Gasteiger partial charge in [0, 0.05) is 17.8 Å². The highest BCUT2D eigenvalue weighted by Gasteiger charge is 2.18. The van der Waals surface area contributed by atoms with Crippen LogP contribution in [-0.2, 0) is 0 Å². The number of nitrogens with zero attached hydrogens (tertiary/aromatic N) is 3. The number of nitrogens with one attached hydrogen (secondary N) is 2. The van der Waals surface area contributed by atoms with Crippen LogP contribution in [0.15, 0.2) is 36.5 Å². The summed E-state index contributed by atoms with van der Waals surface area (Å²) in [5, 5.41) is 7.73. The molecule has 0 radical (unpaired) electrons. The number of hydrogen-bond acceptors (Lipinski definition) is 6. The van der Waals surface area contributed by atoms with Crippen LogP contribution in [0.5, 0.6) is 0 Å². The predicted octanol–water partition coefficient (Wildman–Crippen LogP) is 3.30. The SMILES string of the molecule is c1ccc(Nc2nsc3nc(C4CCNCC4)ccc23)nc1. The van der Waals surface area contributed by atoms with Crippen molar-refractivity contribution in [2.24, 2.45) is 0 Å². The van der Waals surface area contributed by atoms with E-state index in [-0.39, 0.29) is 0 Å². The van der Waals surface area contributed by atoms with Gasteiger partial charge >= 0.3 is 0 Å². The molecule has 0 spiro atoms. The van der Waals surface area contributed by atoms with Gasteiger partial charge in [0.15, 0.2) is 5.82 Å². The van der Waals surface area contributed by atoms with Crippen LogP contribution < -0.4 is 10.6 Å². The molecule has 0 saturated carbocycles. The fraction of sp³-hybridized carbons (Fsp3) is 0.312. The number of anilines is 2. The highest BCUT2D eigenvalue weighted by atomic mass is 32.1. The minimum atomic E-state index is 0.569. The number of fused-ring (bicyclic) bond motifs is 1. The van der Waals surface area contributed by atoms with Gasteiger partial charge in [-0.25, -0.2) is 9.97 Å². The van der Waals surface area contributed by atoms with E-state index < -0.39 is 0 Å². The van der Waals surface area contributed by atoms with Crippen LogP contribution >= 0.6 is 11.5 Å². The quantitative estimate of drug-likeness (QED) is 0.777. The highest BCUT2D eigenvalue weighted by molar-refractivity contribution is 7.13. The number of pyridine rings is 2. The molecule has 1 saturated heterocycles. The Morgan fingerprint density at radius 2 is 2.05 bits per heavy atom. The standard InChI is InChI=1S/C16H17N5S/c1-2-8-18-14(3-1)20-15-12-4-5-13(19-16(12)22-21-15)11-6-9-17-10-7-11/h1-5,8,11,17H,6-7,9-10H2,(H,18,20,21). The van der Waals surface area contributed by atoms with E-state index in [1.165, 1.54) is 17.2 Å². The lowest BCUT2D eigenvalue weighted by molar-refractivity contribution is 0.454. The zero-order valence-electron chi connectivity index (χ0n) is 12.1. The third kappa shape index (κ3) is 2.67. The van der Waals surface area contributed by atoms with Crippen molar-refractivity contribution in [3.63, 3.8) is 0 Å². The molecule has 1 aliphatic heterocycles. The first-order valence-corrected chi connectivity index (χ1v) is 8.32. The van der Waals surface area contributed by atoms with Gasteiger partial charge < -0.3 is 10.6 Å². The summed E-state index contributed by atoms with van der Waals surface area (Å²) in [6, 6.07) is 10.1. The lowest BCUT2D eigenvalue weighted by atomic mass is 9.94. The summed E-state index contributed by atoms with van der Waals surface area (Å²) >= 11 is 1.44. The number of aromatic nitrogens is 3. The van der Waals surface area contributed by atoms with Crippen LogP contribution in [0.1, 0.15) is 24.5 Å². The molecule has 3 aromatic heterocycles. The van der Waals surface area contributed by atoms with E-state index in [1.807, 2.05) is 18.2 Å². The smallest absolute Gasteiger partial charge is 0.154 e. The van der Waals surface area contributed by atoms with Crippen molar-refractivity contribution < 1.29 is 0 Å². The number of hydrogen-bond donors (Lipinski definition) is 2. The van der Waals surface area contributed by atoms with Gasteiger partial charge in [0.25, 0.3) is 0 Å². The van der Waals surface area contributed by atoms with Crippen LogP contribution in [0.2, 0.25) is 0 Å². The molecule has 4 rings (SSSR count). The van der Waals surface area contributed by atoms with E-state index in [0.717, 1.165) is 47.8 Å². The second-order valence-electron chi connectivity index (χ2n) is 5.48. The first-order valence-electron chi connectivity index (χ1n) is 7.55. The lowest BCUT2D eigenvalue weighted by Gasteiger charge is -2.21. The third-order valence-corrected chi connectivity index (χ3v) is 4.79. The van der Waals surface area contributed by atoms with E-state index in [2.05, 4.69) is 32.1 Å². The second-order valence-corrected chi connectivity index (χ2v) is 6.24. The molecule has 0 unspecified atom stereocenters. The minimum absolute atomic E-state index is 0.569. The molecule has 0 amide bonds. The van der Waals surface area contributed by atoms with E-state index in [4.69, 9.17) is 4.98 Å². The summed E-state index contributed by atoms with van der Waals surface area (Å²) in [4.78, 5) is 10.1. The summed E-state index contributed by atoms with van der Waals surface area (Å²) in [6.07, 6.45) is 4.09. The highest BCUT2D eigenvalue weighted by Crippen LogP contribution is 2.31. The summed E-state index contributed by atoms with van der Waals surface area (Å²) in [7, 11) is 0. The molecule has 3 aromatic rings. The number of piperidine rings is 1. The summed E-state index contributed by atoms with van der Waals surface area (Å²) in [5.41, 5.74) is 1.20. The topological polar surface area (TPSA) is 62.7 Å². The Bertz CT molecular complexity index is 765. The van der Waals surface area contributed by atoms with E-state index in [9.17, 15) is 0 Å². The minimum Gasteiger partial charge on any atom is -0.324 e. The van der Waals surface area contributed by atoms with Crippen LogP contribution in [-0.4, -0.2) is 27.4 Å². The molecule has 112 valence electrons. The van der Waals surface area contributed by atoms with Crippen molar-refractivity contribution in [3.8, 4) is 0 Å². The van der Waals surface area contributed by atoms with Crippen molar-refractivity contribution in [1.29, 1.82) is 0 Å². The van der Waals surface area contributed by atoms with Gasteiger partial charge in [0.05, 0.1) is 5.39 Å². The Hall–Kier alpha value is -2.05. The Morgan fingerprint density at radius 3 is 2.86 bits per heavy atom. The molecule has 2 N–H and O–H groups in total. The molecule has 0 aliphatic carbocycles. The average Bonchev–Trinajstić information content (AvgIpc) is 2.99. The van der Waals surface area contributed by atoms with Crippen LogP contribution in [0.25, 0.3) is 10.2 Å². The summed E-state index contributed by atoms with van der Waals surface area (Å²) in [5.74, 6) is 2.21. The normalized spacial score (nSPS) is 16.0. The first kappa shape index (κ1) is 13.6. The van der Waals surface area contributed by atoms with Gasteiger partial charge in [0.1, 0.15) is 10.6 Å². The second kappa shape index (κ2) is 5.98. The molecule has 0 aromatic carbocycles. The van der Waals surface area contributed by atoms with E-state index in [0.29, 0.717) is 5.92 Å². The summed E-state index contributed by atoms with van der Waals surface area (Å²) in [6.45, 7) is 2.17. The fourth-order valence-corrected chi connectivity index (χ4v) is 3.57. The van der Waals surface area contributed by atoms with Gasteiger partial charge in [-0.05, 0) is 61.7 Å². The Balaban J connectivity index is 1.62. The van der Waals surface area contributed by atoms with Gasteiger partial charge in [-0.1, -0.05) is 6.07 Å². The molecule has 6 heteroatoms. The number of rotatable bonds is 3. The maximum Gasteiger partial charge on any atom is 0.154 e. The molecule has 4 heterocycles. The Morgan fingerprint density at radius 1 is 1.14 bits per heavy atom. The van der Waals surface area contributed by atoms with E-state index in [1.54, 1.807) is 6.20 Å². The molecule has 1 fully saturated rings. The molecule has 22 heavy (non-hydrogen) atoms. The van der Waals surface area contributed by atoms with Crippen LogP contribution in [0.4, 0.5) is 11.6 Å².